The molecule has 8 heteroatoms. The summed E-state index contributed by atoms with van der Waals surface area (Å²) in [6, 6.07) is 6.67. The van der Waals surface area contributed by atoms with Crippen LogP contribution in [0.1, 0.15) is 24.4 Å². The van der Waals surface area contributed by atoms with Crippen LogP contribution in [0.4, 0.5) is 0 Å². The molecule has 0 aliphatic carbocycles. The van der Waals surface area contributed by atoms with Gasteiger partial charge in [-0.25, -0.2) is 18.5 Å². The van der Waals surface area contributed by atoms with Crippen molar-refractivity contribution in [2.45, 2.75) is 24.4 Å². The Kier molecular flexibility index (Phi) is 4.91. The topological polar surface area (TPSA) is 81.2 Å². The molecule has 0 bridgehead atoms. The van der Waals surface area contributed by atoms with Gasteiger partial charge in [0.25, 0.3) is 0 Å². The Hall–Kier alpha value is -1.41. The van der Waals surface area contributed by atoms with Gasteiger partial charge in [-0.05, 0) is 31.7 Å². The first-order valence-corrected chi connectivity index (χ1v) is 8.61. The van der Waals surface area contributed by atoms with Gasteiger partial charge in [0.2, 0.25) is 10.0 Å². The molecule has 1 aromatic heterocycles. The lowest BCUT2D eigenvalue weighted by molar-refractivity contribution is 0.244. The fraction of sp³-hybridized carbons (Fsp3) is 0.357. The van der Waals surface area contributed by atoms with Crippen molar-refractivity contribution < 1.29 is 8.42 Å². The van der Waals surface area contributed by atoms with E-state index in [1.165, 1.54) is 12.1 Å². The van der Waals surface area contributed by atoms with Crippen molar-refractivity contribution in [3.05, 3.63) is 47.0 Å². The molecule has 0 saturated carbocycles. The molecule has 2 N–H and O–H groups in total. The Bertz CT molecular complexity index is 756. The van der Waals surface area contributed by atoms with Gasteiger partial charge in [-0.1, -0.05) is 23.7 Å². The lowest BCUT2D eigenvalue weighted by atomic mass is 10.1. The van der Waals surface area contributed by atoms with E-state index in [0.29, 0.717) is 11.7 Å². The Morgan fingerprint density at radius 2 is 1.95 bits per heavy atom. The molecule has 2 rings (SSSR count). The number of hydrogen-bond acceptors (Lipinski definition) is 4. The van der Waals surface area contributed by atoms with Gasteiger partial charge in [-0.3, -0.25) is 4.90 Å². The van der Waals surface area contributed by atoms with Gasteiger partial charge in [0.1, 0.15) is 11.0 Å². The lowest BCUT2D eigenvalue weighted by Gasteiger charge is -2.25. The van der Waals surface area contributed by atoms with Crippen molar-refractivity contribution >= 4 is 21.6 Å². The average Bonchev–Trinajstić information content (AvgIpc) is 2.77. The normalized spacial score (nSPS) is 13.5. The van der Waals surface area contributed by atoms with Crippen LogP contribution in [0.2, 0.25) is 5.15 Å². The van der Waals surface area contributed by atoms with Crippen LogP contribution in [-0.2, 0) is 23.6 Å². The average molecular weight is 343 g/mol. The van der Waals surface area contributed by atoms with E-state index in [1.54, 1.807) is 18.3 Å². The van der Waals surface area contributed by atoms with Crippen molar-refractivity contribution in [2.75, 3.05) is 7.05 Å². The molecule has 0 aliphatic rings. The van der Waals surface area contributed by atoms with Gasteiger partial charge in [0.05, 0.1) is 17.6 Å². The summed E-state index contributed by atoms with van der Waals surface area (Å²) < 4.78 is 24.4. The van der Waals surface area contributed by atoms with Crippen molar-refractivity contribution in [2.24, 2.45) is 12.2 Å². The molecule has 22 heavy (non-hydrogen) atoms. The predicted molar refractivity (Wildman–Crippen MR) is 85.9 cm³/mol. The monoisotopic (exact) mass is 342 g/mol. The SMILES string of the molecule is CC(c1ccc(S(N)(=O)=O)cc1)N(C)Cc1ncc(Cl)n1C. The molecule has 1 heterocycles. The van der Waals surface area contributed by atoms with Crippen LogP contribution in [0.15, 0.2) is 35.4 Å². The van der Waals surface area contributed by atoms with Gasteiger partial charge in [-0.2, -0.15) is 0 Å². The first kappa shape index (κ1) is 17.0. The molecule has 0 aliphatic heterocycles. The summed E-state index contributed by atoms with van der Waals surface area (Å²) in [5.41, 5.74) is 0.996. The largest absolute Gasteiger partial charge is 0.321 e. The summed E-state index contributed by atoms with van der Waals surface area (Å²) in [4.78, 5) is 6.49. The third kappa shape index (κ3) is 3.67. The number of halogens is 1. The number of hydrogen-bond donors (Lipinski definition) is 1. The molecule has 0 spiro atoms. The maximum Gasteiger partial charge on any atom is 0.238 e. The van der Waals surface area contributed by atoms with Gasteiger partial charge in [-0.15, -0.1) is 0 Å². The fourth-order valence-electron chi connectivity index (χ4n) is 2.12. The Morgan fingerprint density at radius 1 is 1.36 bits per heavy atom. The molecule has 1 atom stereocenters. The third-order valence-electron chi connectivity index (χ3n) is 3.77. The molecule has 0 radical (unpaired) electrons. The first-order chi connectivity index (χ1) is 10.2. The minimum atomic E-state index is -3.66. The van der Waals surface area contributed by atoms with Crippen LogP contribution >= 0.6 is 11.6 Å². The second-order valence-electron chi connectivity index (χ2n) is 5.26. The maximum absolute atomic E-state index is 11.3. The highest BCUT2D eigenvalue weighted by atomic mass is 35.5. The number of benzene rings is 1. The number of rotatable bonds is 5. The number of aromatic nitrogens is 2. The molecule has 2 aromatic rings. The van der Waals surface area contributed by atoms with Crippen LogP contribution in [0.5, 0.6) is 0 Å². The van der Waals surface area contributed by atoms with E-state index in [2.05, 4.69) is 9.88 Å². The molecule has 0 saturated heterocycles. The molecule has 0 amide bonds. The number of nitrogens with zero attached hydrogens (tertiary/aromatic N) is 3. The molecular weight excluding hydrogens is 324 g/mol. The van der Waals surface area contributed by atoms with E-state index in [4.69, 9.17) is 16.7 Å². The molecule has 0 fully saturated rings. The van der Waals surface area contributed by atoms with E-state index >= 15 is 0 Å². The van der Waals surface area contributed by atoms with E-state index in [0.717, 1.165) is 11.4 Å². The second kappa shape index (κ2) is 6.37. The summed E-state index contributed by atoms with van der Waals surface area (Å²) in [5.74, 6) is 0.862. The van der Waals surface area contributed by atoms with E-state index in [1.807, 2.05) is 25.6 Å². The van der Waals surface area contributed by atoms with Crippen LogP contribution in [0.25, 0.3) is 0 Å². The van der Waals surface area contributed by atoms with E-state index in [-0.39, 0.29) is 10.9 Å². The zero-order valence-corrected chi connectivity index (χ0v) is 14.3. The number of sulfonamides is 1. The summed E-state index contributed by atoms with van der Waals surface area (Å²) in [6.07, 6.45) is 1.62. The lowest BCUT2D eigenvalue weighted by Crippen LogP contribution is -2.23. The van der Waals surface area contributed by atoms with Crippen molar-refractivity contribution in [1.29, 1.82) is 0 Å². The number of nitrogens with two attached hydrogens (primary N) is 1. The maximum atomic E-state index is 11.3. The Morgan fingerprint density at radius 3 is 2.41 bits per heavy atom. The van der Waals surface area contributed by atoms with Crippen molar-refractivity contribution in [1.82, 2.24) is 14.5 Å². The molecule has 1 aromatic carbocycles. The molecular formula is C14H19ClN4O2S. The van der Waals surface area contributed by atoms with Crippen molar-refractivity contribution in [3.63, 3.8) is 0 Å². The van der Waals surface area contributed by atoms with Gasteiger partial charge in [0.15, 0.2) is 0 Å². The number of imidazole rings is 1. The second-order valence-corrected chi connectivity index (χ2v) is 7.21. The zero-order valence-electron chi connectivity index (χ0n) is 12.7. The van der Waals surface area contributed by atoms with Crippen LogP contribution in [0.3, 0.4) is 0 Å². The standard InChI is InChI=1S/C14H19ClN4O2S/c1-10(11-4-6-12(7-5-11)22(16,20)21)18(2)9-14-17-8-13(15)19(14)3/h4-8,10H,9H2,1-3H3,(H2,16,20,21). The predicted octanol–water partition coefficient (Wildman–Crippen LogP) is 1.91. The van der Waals surface area contributed by atoms with Gasteiger partial charge in [0, 0.05) is 13.1 Å². The summed E-state index contributed by atoms with van der Waals surface area (Å²) in [7, 11) is 0.180. The highest BCUT2D eigenvalue weighted by Crippen LogP contribution is 2.22. The summed E-state index contributed by atoms with van der Waals surface area (Å²) in [6.45, 7) is 2.66. The quantitative estimate of drug-likeness (QED) is 0.900. The zero-order chi connectivity index (χ0) is 16.5. The highest BCUT2D eigenvalue weighted by molar-refractivity contribution is 7.89. The van der Waals surface area contributed by atoms with Crippen molar-refractivity contribution in [3.8, 4) is 0 Å². The van der Waals surface area contributed by atoms with Gasteiger partial charge < -0.3 is 4.57 Å². The van der Waals surface area contributed by atoms with E-state index in [9.17, 15) is 8.42 Å². The smallest absolute Gasteiger partial charge is 0.238 e. The van der Waals surface area contributed by atoms with Gasteiger partial charge >= 0.3 is 0 Å². The summed E-state index contributed by atoms with van der Waals surface area (Å²) in [5, 5.41) is 5.69. The number of primary sulfonamides is 1. The summed E-state index contributed by atoms with van der Waals surface area (Å²) >= 11 is 5.98. The fourth-order valence-corrected chi connectivity index (χ4v) is 2.78. The Labute approximate surface area is 135 Å². The van der Waals surface area contributed by atoms with Crippen LogP contribution in [0, 0.1) is 0 Å². The van der Waals surface area contributed by atoms with Crippen LogP contribution in [-0.4, -0.2) is 29.9 Å². The third-order valence-corrected chi connectivity index (χ3v) is 5.05. The molecule has 120 valence electrons. The minimum Gasteiger partial charge on any atom is -0.321 e. The van der Waals surface area contributed by atoms with E-state index < -0.39 is 10.0 Å². The molecule has 6 nitrogen and oxygen atoms in total. The minimum absolute atomic E-state index is 0.0880. The highest BCUT2D eigenvalue weighted by Gasteiger charge is 2.16. The van der Waals surface area contributed by atoms with Crippen LogP contribution < -0.4 is 5.14 Å². The molecule has 1 unspecified atom stereocenters. The first-order valence-electron chi connectivity index (χ1n) is 6.69. The Balaban J connectivity index is 2.13.